The number of hydrogen-bond acceptors (Lipinski definition) is 7. The minimum absolute atomic E-state index is 0.00479. The molecule has 12 heteroatoms. The number of carbonyl (C=O) groups is 1. The van der Waals surface area contributed by atoms with E-state index < -0.39 is 37.3 Å². The highest BCUT2D eigenvalue weighted by atomic mass is 19.4. The maximum Gasteiger partial charge on any atom is 0.573 e. The van der Waals surface area contributed by atoms with Crippen molar-refractivity contribution in [2.45, 2.75) is 38.6 Å². The smallest absolute Gasteiger partial charge is 0.489 e. The van der Waals surface area contributed by atoms with E-state index in [1.54, 1.807) is 6.07 Å². The predicted molar refractivity (Wildman–Crippen MR) is 115 cm³/mol. The molecule has 0 spiro atoms. The van der Waals surface area contributed by atoms with E-state index in [-0.39, 0.29) is 22.3 Å². The van der Waals surface area contributed by atoms with Crippen LogP contribution in [-0.2, 0) is 6.42 Å². The van der Waals surface area contributed by atoms with E-state index in [0.717, 1.165) is 24.3 Å². The Kier molecular flexibility index (Phi) is 8.52. The number of nitrogens with zero attached hydrogens (tertiary/aromatic N) is 2. The van der Waals surface area contributed by atoms with Gasteiger partial charge in [0.05, 0.1) is 11.6 Å². The van der Waals surface area contributed by atoms with Crippen molar-refractivity contribution in [3.05, 3.63) is 53.1 Å². The zero-order valence-electron chi connectivity index (χ0n) is 18.3. The fourth-order valence-corrected chi connectivity index (χ4v) is 3.11. The lowest BCUT2D eigenvalue weighted by molar-refractivity contribution is -0.274. The molecule has 2 rings (SSSR count). The summed E-state index contributed by atoms with van der Waals surface area (Å²) in [6.45, 7) is 2.83. The number of rotatable bonds is 9. The zero-order valence-corrected chi connectivity index (χ0v) is 18.3. The highest BCUT2D eigenvalue weighted by Gasteiger charge is 2.32. The first-order valence-electron chi connectivity index (χ1n) is 10.1. The van der Waals surface area contributed by atoms with Crippen molar-refractivity contribution in [2.75, 3.05) is 6.61 Å². The summed E-state index contributed by atoms with van der Waals surface area (Å²) in [5.74, 6) is -1.26. The van der Waals surface area contributed by atoms with Gasteiger partial charge in [-0.15, -0.1) is 13.2 Å². The van der Waals surface area contributed by atoms with Gasteiger partial charge in [0.15, 0.2) is 5.54 Å². The summed E-state index contributed by atoms with van der Waals surface area (Å²) in [5.41, 5.74) is -1.15. The Bertz CT molecular complexity index is 1110. The molecule has 0 aliphatic heterocycles. The van der Waals surface area contributed by atoms with Gasteiger partial charge in [-0.1, -0.05) is 19.4 Å². The summed E-state index contributed by atoms with van der Waals surface area (Å²) >= 11 is 0. The molecule has 0 heterocycles. The molecule has 0 radical (unpaired) electrons. The van der Waals surface area contributed by atoms with Gasteiger partial charge in [0.25, 0.3) is 5.91 Å². The van der Waals surface area contributed by atoms with Crippen molar-refractivity contribution < 1.29 is 37.5 Å². The van der Waals surface area contributed by atoms with E-state index in [4.69, 9.17) is 4.74 Å². The minimum atomic E-state index is -4.87. The van der Waals surface area contributed by atoms with Crippen LogP contribution in [0.25, 0.3) is 0 Å². The molecule has 0 aliphatic rings. The molecule has 0 aliphatic carbocycles. The Morgan fingerprint density at radius 1 is 1.15 bits per heavy atom. The Hall–Kier alpha value is -3.74. The Morgan fingerprint density at radius 2 is 1.79 bits per heavy atom. The summed E-state index contributed by atoms with van der Waals surface area (Å²) in [6.07, 6.45) is -3.67. The largest absolute Gasteiger partial charge is 0.573 e. The number of carbonyl (C=O) groups excluding carboxylic acids is 1. The van der Waals surface area contributed by atoms with Gasteiger partial charge in [0, 0.05) is 11.0 Å². The first-order chi connectivity index (χ1) is 15.9. The van der Waals surface area contributed by atoms with Crippen LogP contribution >= 0.6 is 0 Å². The van der Waals surface area contributed by atoms with Gasteiger partial charge in [-0.05, 0) is 49.2 Å². The lowest BCUT2D eigenvalue weighted by Gasteiger charge is -2.24. The second-order valence-corrected chi connectivity index (χ2v) is 7.51. The number of nitrogens with one attached hydrogen (secondary N) is 1. The number of halogens is 3. The van der Waals surface area contributed by atoms with Gasteiger partial charge >= 0.3 is 13.5 Å². The summed E-state index contributed by atoms with van der Waals surface area (Å²) in [6, 6.07) is 10.9. The minimum Gasteiger partial charge on any atom is -0.489 e. The van der Waals surface area contributed by atoms with Crippen LogP contribution in [0.15, 0.2) is 36.4 Å². The molecule has 1 amide bonds. The highest BCUT2D eigenvalue weighted by Crippen LogP contribution is 2.23. The first-order valence-corrected chi connectivity index (χ1v) is 10.1. The molecule has 0 fully saturated rings. The van der Waals surface area contributed by atoms with Crippen molar-refractivity contribution in [1.82, 2.24) is 5.32 Å². The summed E-state index contributed by atoms with van der Waals surface area (Å²) in [4.78, 5) is 12.5. The zero-order chi connectivity index (χ0) is 25.5. The number of hydrogen-bond donors (Lipinski definition) is 3. The van der Waals surface area contributed by atoms with Crippen molar-refractivity contribution in [2.24, 2.45) is 0 Å². The molecule has 178 valence electrons. The van der Waals surface area contributed by atoms with Gasteiger partial charge in [0.1, 0.15) is 24.2 Å². The predicted octanol–water partition coefficient (Wildman–Crippen LogP) is 2.18. The number of ether oxygens (including phenoxy) is 2. The average Bonchev–Trinajstić information content (AvgIpc) is 2.77. The number of aryl methyl sites for hydroxylation is 1. The van der Waals surface area contributed by atoms with Crippen LogP contribution in [0, 0.1) is 22.7 Å². The topological polar surface area (TPSA) is 136 Å². The van der Waals surface area contributed by atoms with Gasteiger partial charge in [-0.3, -0.25) is 4.79 Å². The van der Waals surface area contributed by atoms with E-state index in [9.17, 15) is 38.5 Å². The molecule has 3 N–H and O–H groups in total. The van der Waals surface area contributed by atoms with Crippen LogP contribution in [-0.4, -0.2) is 41.6 Å². The van der Waals surface area contributed by atoms with Crippen molar-refractivity contribution in [3.63, 3.8) is 0 Å². The van der Waals surface area contributed by atoms with E-state index in [1.807, 2.05) is 19.1 Å². The van der Waals surface area contributed by atoms with Crippen LogP contribution in [0.2, 0.25) is 0 Å². The van der Waals surface area contributed by atoms with Crippen LogP contribution in [0.1, 0.15) is 41.8 Å². The number of nitriles is 2. The third kappa shape index (κ3) is 6.88. The lowest BCUT2D eigenvalue weighted by atomic mass is 9.73. The lowest BCUT2D eigenvalue weighted by Crippen LogP contribution is -2.49. The summed E-state index contributed by atoms with van der Waals surface area (Å²) < 4.78 is 46.2. The summed E-state index contributed by atoms with van der Waals surface area (Å²) in [7, 11) is -1.91. The van der Waals surface area contributed by atoms with Crippen LogP contribution < -0.4 is 20.3 Å². The molecule has 2 aromatic rings. The maximum atomic E-state index is 12.5. The maximum absolute atomic E-state index is 12.5. The quantitative estimate of drug-likeness (QED) is 0.473. The molecule has 8 nitrogen and oxygen atoms in total. The van der Waals surface area contributed by atoms with Gasteiger partial charge < -0.3 is 24.8 Å². The third-order valence-corrected chi connectivity index (χ3v) is 4.69. The molecular weight excluding hydrogens is 454 g/mol. The molecular formula is C22H21BF3N3O5. The first kappa shape index (κ1) is 26.5. The molecule has 0 saturated carbocycles. The van der Waals surface area contributed by atoms with Gasteiger partial charge in [-0.25, -0.2) is 0 Å². The fraction of sp³-hybridized carbons (Fsp3) is 0.318. The highest BCUT2D eigenvalue weighted by molar-refractivity contribution is 6.60. The second-order valence-electron chi connectivity index (χ2n) is 7.51. The molecule has 0 aromatic heterocycles. The number of benzene rings is 2. The number of alkyl halides is 3. The standard InChI is InChI=1S/C22H21BF3N3O5/c1-3-4-14-7-10-18(17(11-27)19(14)23(31)32)33-13-21(2,12-28)29-20(30)15-5-8-16(9-6-15)34-22(24,25)26/h5-10,31-32H,3-4,13H2,1-2H3,(H,29,30). The molecule has 1 unspecified atom stereocenters. The third-order valence-electron chi connectivity index (χ3n) is 4.69. The normalized spacial score (nSPS) is 12.6. The van der Waals surface area contributed by atoms with Crippen LogP contribution in [0.4, 0.5) is 13.2 Å². The van der Waals surface area contributed by atoms with E-state index in [1.165, 1.54) is 13.0 Å². The molecule has 34 heavy (non-hydrogen) atoms. The van der Waals surface area contributed by atoms with Crippen molar-refractivity contribution in [1.29, 1.82) is 10.5 Å². The number of amides is 1. The molecule has 2 aromatic carbocycles. The second kappa shape index (κ2) is 10.9. The molecule has 1 atom stereocenters. The van der Waals surface area contributed by atoms with Gasteiger partial charge in [0.2, 0.25) is 0 Å². The van der Waals surface area contributed by atoms with E-state index in [2.05, 4.69) is 10.1 Å². The fourth-order valence-electron chi connectivity index (χ4n) is 3.11. The van der Waals surface area contributed by atoms with E-state index in [0.29, 0.717) is 18.4 Å². The monoisotopic (exact) mass is 475 g/mol. The van der Waals surface area contributed by atoms with Crippen molar-refractivity contribution >= 4 is 18.5 Å². The summed E-state index contributed by atoms with van der Waals surface area (Å²) in [5, 5.41) is 41.0. The molecule has 0 saturated heterocycles. The van der Waals surface area contributed by atoms with Gasteiger partial charge in [-0.2, -0.15) is 10.5 Å². The van der Waals surface area contributed by atoms with Crippen LogP contribution in [0.5, 0.6) is 11.5 Å². The Morgan fingerprint density at radius 3 is 2.29 bits per heavy atom. The van der Waals surface area contributed by atoms with Crippen LogP contribution in [0.3, 0.4) is 0 Å². The van der Waals surface area contributed by atoms with Crippen molar-refractivity contribution in [3.8, 4) is 23.6 Å². The molecule has 0 bridgehead atoms. The van der Waals surface area contributed by atoms with E-state index >= 15 is 0 Å². The SMILES string of the molecule is CCCc1ccc(OCC(C)(C#N)NC(=O)c2ccc(OC(F)(F)F)cc2)c(C#N)c1B(O)O. The average molecular weight is 475 g/mol. The Balaban J connectivity index is 2.18. The Labute approximate surface area is 194 Å².